The van der Waals surface area contributed by atoms with E-state index in [0.29, 0.717) is 18.1 Å². The van der Waals surface area contributed by atoms with Crippen LogP contribution in [0.2, 0.25) is 0 Å². The highest BCUT2D eigenvalue weighted by molar-refractivity contribution is 5.54. The van der Waals surface area contributed by atoms with Gasteiger partial charge in [-0.15, -0.1) is 0 Å². The molecule has 0 saturated carbocycles. The number of aromatic nitrogens is 5. The van der Waals surface area contributed by atoms with Gasteiger partial charge in [-0.1, -0.05) is 23.4 Å². The Balaban J connectivity index is 1.49. The summed E-state index contributed by atoms with van der Waals surface area (Å²) < 4.78 is 7.42. The summed E-state index contributed by atoms with van der Waals surface area (Å²) in [6.07, 6.45) is 7.94. The Bertz CT molecular complexity index is 915. The van der Waals surface area contributed by atoms with Gasteiger partial charge < -0.3 is 9.09 Å². The summed E-state index contributed by atoms with van der Waals surface area (Å²) in [6, 6.07) is 13.7. The molecule has 0 aliphatic carbocycles. The maximum atomic E-state index is 5.34. The van der Waals surface area contributed by atoms with Gasteiger partial charge in [0.25, 0.3) is 5.89 Å². The van der Waals surface area contributed by atoms with E-state index in [2.05, 4.69) is 24.7 Å². The maximum Gasteiger partial charge on any atom is 0.257 e. The number of nitrogens with zero attached hydrogens (tertiary/aromatic N) is 5. The predicted molar refractivity (Wildman–Crippen MR) is 88.9 cm³/mol. The molecule has 0 N–H and O–H groups in total. The SMILES string of the molecule is c1ccc(-c2nc(CCn3ccnc3-c3ccncc3)no2)cc1. The van der Waals surface area contributed by atoms with Crippen LogP contribution in [0.15, 0.2) is 71.8 Å². The Morgan fingerprint density at radius 2 is 1.75 bits per heavy atom. The first-order valence-corrected chi connectivity index (χ1v) is 7.70. The van der Waals surface area contributed by atoms with Crippen molar-refractivity contribution in [2.75, 3.05) is 0 Å². The minimum atomic E-state index is 0.547. The van der Waals surface area contributed by atoms with Crippen LogP contribution < -0.4 is 0 Å². The topological polar surface area (TPSA) is 69.6 Å². The van der Waals surface area contributed by atoms with Gasteiger partial charge in [-0.2, -0.15) is 4.98 Å². The largest absolute Gasteiger partial charge is 0.334 e. The van der Waals surface area contributed by atoms with Crippen molar-refractivity contribution in [2.24, 2.45) is 0 Å². The molecular weight excluding hydrogens is 302 g/mol. The van der Waals surface area contributed by atoms with Crippen molar-refractivity contribution in [1.29, 1.82) is 0 Å². The van der Waals surface area contributed by atoms with Crippen LogP contribution in [-0.4, -0.2) is 24.7 Å². The van der Waals surface area contributed by atoms with E-state index in [1.165, 1.54) is 0 Å². The highest BCUT2D eigenvalue weighted by atomic mass is 16.5. The molecule has 0 atom stereocenters. The fraction of sp³-hybridized carbons (Fsp3) is 0.111. The fourth-order valence-corrected chi connectivity index (χ4v) is 2.52. The Morgan fingerprint density at radius 1 is 0.917 bits per heavy atom. The second kappa shape index (κ2) is 6.45. The van der Waals surface area contributed by atoms with Crippen LogP contribution in [0.1, 0.15) is 5.82 Å². The molecule has 4 rings (SSSR count). The zero-order valence-corrected chi connectivity index (χ0v) is 12.9. The molecule has 0 aliphatic rings. The first-order valence-electron chi connectivity index (χ1n) is 7.70. The lowest BCUT2D eigenvalue weighted by atomic mass is 10.2. The number of pyridine rings is 1. The summed E-state index contributed by atoms with van der Waals surface area (Å²) in [5.41, 5.74) is 1.96. The molecule has 118 valence electrons. The molecule has 6 nitrogen and oxygen atoms in total. The summed E-state index contributed by atoms with van der Waals surface area (Å²) >= 11 is 0. The molecule has 4 aromatic rings. The third-order valence-electron chi connectivity index (χ3n) is 3.72. The minimum Gasteiger partial charge on any atom is -0.334 e. The lowest BCUT2D eigenvalue weighted by Gasteiger charge is -2.05. The molecule has 24 heavy (non-hydrogen) atoms. The minimum absolute atomic E-state index is 0.547. The number of aryl methyl sites for hydroxylation is 2. The van der Waals surface area contributed by atoms with E-state index >= 15 is 0 Å². The van der Waals surface area contributed by atoms with Crippen molar-refractivity contribution in [1.82, 2.24) is 24.7 Å². The van der Waals surface area contributed by atoms with Crippen molar-refractivity contribution in [2.45, 2.75) is 13.0 Å². The molecule has 0 spiro atoms. The van der Waals surface area contributed by atoms with Gasteiger partial charge in [0.15, 0.2) is 5.82 Å². The van der Waals surface area contributed by atoms with Gasteiger partial charge in [-0.3, -0.25) is 4.98 Å². The van der Waals surface area contributed by atoms with Gasteiger partial charge in [0.1, 0.15) is 5.82 Å². The molecule has 3 heterocycles. The van der Waals surface area contributed by atoms with Gasteiger partial charge in [0.2, 0.25) is 0 Å². The Hall–Kier alpha value is -3.28. The van der Waals surface area contributed by atoms with Gasteiger partial charge in [0, 0.05) is 48.9 Å². The number of hydrogen-bond acceptors (Lipinski definition) is 5. The quantitative estimate of drug-likeness (QED) is 0.565. The van der Waals surface area contributed by atoms with Crippen molar-refractivity contribution in [3.05, 3.63) is 73.1 Å². The number of rotatable bonds is 5. The third-order valence-corrected chi connectivity index (χ3v) is 3.72. The van der Waals surface area contributed by atoms with Crippen molar-refractivity contribution in [3.8, 4) is 22.8 Å². The summed E-state index contributed by atoms with van der Waals surface area (Å²) in [5, 5.41) is 4.06. The van der Waals surface area contributed by atoms with E-state index < -0.39 is 0 Å². The molecule has 0 aliphatic heterocycles. The van der Waals surface area contributed by atoms with Crippen LogP contribution >= 0.6 is 0 Å². The monoisotopic (exact) mass is 317 g/mol. The van der Waals surface area contributed by atoms with Crippen LogP contribution in [0.3, 0.4) is 0 Å². The molecule has 0 amide bonds. The molecule has 0 unspecified atom stereocenters. The summed E-state index contributed by atoms with van der Waals surface area (Å²) in [5.74, 6) is 2.14. The summed E-state index contributed by atoms with van der Waals surface area (Å²) in [7, 11) is 0. The Labute approximate surface area is 138 Å². The summed E-state index contributed by atoms with van der Waals surface area (Å²) in [6.45, 7) is 0.728. The smallest absolute Gasteiger partial charge is 0.257 e. The predicted octanol–water partition coefficient (Wildman–Crippen LogP) is 3.24. The van der Waals surface area contributed by atoms with Crippen molar-refractivity contribution >= 4 is 0 Å². The van der Waals surface area contributed by atoms with Gasteiger partial charge in [-0.05, 0) is 24.3 Å². The second-order valence-electron chi connectivity index (χ2n) is 5.31. The first-order chi connectivity index (χ1) is 11.9. The molecule has 1 aromatic carbocycles. The molecular formula is C18H15N5O. The zero-order chi connectivity index (χ0) is 16.2. The van der Waals surface area contributed by atoms with Gasteiger partial charge in [-0.25, -0.2) is 4.98 Å². The number of benzene rings is 1. The van der Waals surface area contributed by atoms with E-state index in [1.807, 2.05) is 48.7 Å². The lowest BCUT2D eigenvalue weighted by Crippen LogP contribution is -2.03. The first kappa shape index (κ1) is 14.3. The number of hydrogen-bond donors (Lipinski definition) is 0. The van der Waals surface area contributed by atoms with E-state index in [4.69, 9.17) is 4.52 Å². The number of imidazole rings is 1. The van der Waals surface area contributed by atoms with Crippen LogP contribution in [-0.2, 0) is 13.0 Å². The molecule has 6 heteroatoms. The third kappa shape index (κ3) is 2.94. The average Bonchev–Trinajstić information content (AvgIpc) is 3.31. The van der Waals surface area contributed by atoms with Crippen molar-refractivity contribution < 1.29 is 4.52 Å². The van der Waals surface area contributed by atoms with E-state index in [1.54, 1.807) is 18.6 Å². The van der Waals surface area contributed by atoms with Crippen LogP contribution in [0.5, 0.6) is 0 Å². The van der Waals surface area contributed by atoms with E-state index in [0.717, 1.165) is 23.5 Å². The fourth-order valence-electron chi connectivity index (χ4n) is 2.52. The van der Waals surface area contributed by atoms with Crippen LogP contribution in [0.25, 0.3) is 22.8 Å². The lowest BCUT2D eigenvalue weighted by molar-refractivity contribution is 0.420. The standard InChI is InChI=1S/C18H15N5O/c1-2-4-15(5-3-1)18-21-16(22-24-18)8-12-23-13-11-20-17(23)14-6-9-19-10-7-14/h1-7,9-11,13H,8,12H2. The highest BCUT2D eigenvalue weighted by Gasteiger charge is 2.10. The highest BCUT2D eigenvalue weighted by Crippen LogP contribution is 2.18. The zero-order valence-electron chi connectivity index (χ0n) is 12.9. The molecule has 3 aromatic heterocycles. The van der Waals surface area contributed by atoms with Crippen molar-refractivity contribution in [3.63, 3.8) is 0 Å². The molecule has 0 bridgehead atoms. The molecule has 0 radical (unpaired) electrons. The average molecular weight is 317 g/mol. The maximum absolute atomic E-state index is 5.34. The van der Waals surface area contributed by atoms with E-state index in [-0.39, 0.29) is 0 Å². The normalized spacial score (nSPS) is 10.8. The van der Waals surface area contributed by atoms with Gasteiger partial charge >= 0.3 is 0 Å². The second-order valence-corrected chi connectivity index (χ2v) is 5.31. The van der Waals surface area contributed by atoms with Gasteiger partial charge in [0.05, 0.1) is 0 Å². The van der Waals surface area contributed by atoms with Crippen LogP contribution in [0, 0.1) is 0 Å². The summed E-state index contributed by atoms with van der Waals surface area (Å²) in [4.78, 5) is 12.9. The van der Waals surface area contributed by atoms with E-state index in [9.17, 15) is 0 Å². The Kier molecular flexibility index (Phi) is 3.85. The molecule has 0 fully saturated rings. The molecule has 0 saturated heterocycles. The van der Waals surface area contributed by atoms with Crippen LogP contribution in [0.4, 0.5) is 0 Å². The Morgan fingerprint density at radius 3 is 2.58 bits per heavy atom.